The van der Waals surface area contributed by atoms with E-state index in [0.29, 0.717) is 6.04 Å². The van der Waals surface area contributed by atoms with Crippen LogP contribution >= 0.6 is 0 Å². The first-order chi connectivity index (χ1) is 8.97. The highest BCUT2D eigenvalue weighted by molar-refractivity contribution is 5.85. The molecule has 1 aromatic rings. The van der Waals surface area contributed by atoms with Crippen LogP contribution in [0.25, 0.3) is 0 Å². The molecule has 1 aliphatic rings. The highest BCUT2D eigenvalue weighted by atomic mass is 16.2. The van der Waals surface area contributed by atoms with E-state index in [1.807, 2.05) is 6.07 Å². The number of rotatable bonds is 3. The van der Waals surface area contributed by atoms with Crippen LogP contribution in [0.1, 0.15) is 38.3 Å². The molecule has 0 aromatic heterocycles. The van der Waals surface area contributed by atoms with Crippen LogP contribution in [-0.2, 0) is 4.79 Å². The Bertz CT molecular complexity index is 417. The van der Waals surface area contributed by atoms with E-state index in [2.05, 4.69) is 34.9 Å². The lowest BCUT2D eigenvalue weighted by molar-refractivity contribution is -0.126. The monoisotopic (exact) mass is 261 g/mol. The standard InChI is InChI=1S/C15H23N3O/c1-15(2,16)14(19)18-12-8-9-13(17-10-12)11-6-4-3-5-7-11/h3-7,12-13,17H,8-10,16H2,1-2H3,(H,18,19)/t12-,13-/m0/s1. The Balaban J connectivity index is 1.85. The Labute approximate surface area is 114 Å². The molecule has 2 atom stereocenters. The smallest absolute Gasteiger partial charge is 0.239 e. The molecule has 0 aliphatic carbocycles. The zero-order chi connectivity index (χ0) is 13.9. The summed E-state index contributed by atoms with van der Waals surface area (Å²) in [6.45, 7) is 4.25. The van der Waals surface area contributed by atoms with Crippen molar-refractivity contribution in [2.75, 3.05) is 6.54 Å². The van der Waals surface area contributed by atoms with Gasteiger partial charge in [-0.05, 0) is 32.3 Å². The van der Waals surface area contributed by atoms with Gasteiger partial charge in [-0.2, -0.15) is 0 Å². The molecular weight excluding hydrogens is 238 g/mol. The van der Waals surface area contributed by atoms with Crippen molar-refractivity contribution in [3.63, 3.8) is 0 Å². The number of nitrogens with one attached hydrogen (secondary N) is 2. The van der Waals surface area contributed by atoms with Gasteiger partial charge in [0.25, 0.3) is 0 Å². The maximum atomic E-state index is 11.8. The topological polar surface area (TPSA) is 67.2 Å². The molecule has 1 aliphatic heterocycles. The van der Waals surface area contributed by atoms with Gasteiger partial charge in [-0.3, -0.25) is 4.79 Å². The number of hydrogen-bond acceptors (Lipinski definition) is 3. The maximum Gasteiger partial charge on any atom is 0.239 e. The zero-order valence-electron chi connectivity index (χ0n) is 11.6. The summed E-state index contributed by atoms with van der Waals surface area (Å²) < 4.78 is 0. The first-order valence-corrected chi connectivity index (χ1v) is 6.85. The zero-order valence-corrected chi connectivity index (χ0v) is 11.6. The third-order valence-electron chi connectivity index (χ3n) is 3.54. The largest absolute Gasteiger partial charge is 0.351 e. The van der Waals surface area contributed by atoms with E-state index < -0.39 is 5.54 Å². The second kappa shape index (κ2) is 5.72. The summed E-state index contributed by atoms with van der Waals surface area (Å²) in [6, 6.07) is 11.0. The van der Waals surface area contributed by atoms with Gasteiger partial charge in [0.05, 0.1) is 5.54 Å². The minimum Gasteiger partial charge on any atom is -0.351 e. The Morgan fingerprint density at radius 3 is 2.53 bits per heavy atom. The summed E-state index contributed by atoms with van der Waals surface area (Å²) >= 11 is 0. The fourth-order valence-electron chi connectivity index (χ4n) is 2.32. The number of amides is 1. The number of carbonyl (C=O) groups excluding carboxylic acids is 1. The van der Waals surface area contributed by atoms with Crippen LogP contribution in [0.15, 0.2) is 30.3 Å². The lowest BCUT2D eigenvalue weighted by atomic mass is 9.94. The Hall–Kier alpha value is -1.39. The Morgan fingerprint density at radius 2 is 2.00 bits per heavy atom. The number of nitrogens with two attached hydrogens (primary N) is 1. The van der Waals surface area contributed by atoms with Crippen molar-refractivity contribution >= 4 is 5.91 Å². The summed E-state index contributed by atoms with van der Waals surface area (Å²) in [5.74, 6) is -0.0857. The van der Waals surface area contributed by atoms with E-state index in [1.54, 1.807) is 13.8 Å². The minimum atomic E-state index is -0.809. The van der Waals surface area contributed by atoms with Crippen LogP contribution in [0, 0.1) is 0 Å². The molecule has 4 heteroatoms. The lowest BCUT2D eigenvalue weighted by Crippen LogP contribution is -2.55. The average Bonchev–Trinajstić information content (AvgIpc) is 2.39. The van der Waals surface area contributed by atoms with Crippen molar-refractivity contribution in [3.05, 3.63) is 35.9 Å². The number of hydrogen-bond donors (Lipinski definition) is 3. The van der Waals surface area contributed by atoms with Crippen LogP contribution in [0.2, 0.25) is 0 Å². The molecular formula is C15H23N3O. The molecule has 1 amide bonds. The SMILES string of the molecule is CC(C)(N)C(=O)N[C@H]1CC[C@@H](c2ccccc2)NC1. The van der Waals surface area contributed by atoms with E-state index in [4.69, 9.17) is 5.73 Å². The molecule has 104 valence electrons. The molecule has 19 heavy (non-hydrogen) atoms. The van der Waals surface area contributed by atoms with Crippen molar-refractivity contribution in [1.82, 2.24) is 10.6 Å². The van der Waals surface area contributed by atoms with Crippen LogP contribution < -0.4 is 16.4 Å². The van der Waals surface area contributed by atoms with Crippen LogP contribution in [0.4, 0.5) is 0 Å². The molecule has 1 aromatic carbocycles. The summed E-state index contributed by atoms with van der Waals surface area (Å²) in [5.41, 5.74) is 6.28. The summed E-state index contributed by atoms with van der Waals surface area (Å²) in [7, 11) is 0. The van der Waals surface area contributed by atoms with Crippen LogP contribution in [0.3, 0.4) is 0 Å². The van der Waals surface area contributed by atoms with E-state index in [0.717, 1.165) is 19.4 Å². The van der Waals surface area contributed by atoms with Crippen molar-refractivity contribution in [2.24, 2.45) is 5.73 Å². The molecule has 1 heterocycles. The number of carbonyl (C=O) groups is 1. The van der Waals surface area contributed by atoms with E-state index in [1.165, 1.54) is 5.56 Å². The molecule has 1 saturated heterocycles. The number of piperidine rings is 1. The van der Waals surface area contributed by atoms with Gasteiger partial charge in [0.1, 0.15) is 0 Å². The van der Waals surface area contributed by atoms with Crippen LogP contribution in [-0.4, -0.2) is 24.0 Å². The van der Waals surface area contributed by atoms with Crippen molar-refractivity contribution < 1.29 is 4.79 Å². The highest BCUT2D eigenvalue weighted by Crippen LogP contribution is 2.22. The van der Waals surface area contributed by atoms with Gasteiger partial charge in [-0.1, -0.05) is 30.3 Å². The van der Waals surface area contributed by atoms with Gasteiger partial charge in [0.15, 0.2) is 0 Å². The summed E-state index contributed by atoms with van der Waals surface area (Å²) in [5, 5.41) is 6.49. The fraction of sp³-hybridized carbons (Fsp3) is 0.533. The molecule has 0 saturated carbocycles. The quantitative estimate of drug-likeness (QED) is 0.769. The van der Waals surface area contributed by atoms with E-state index in [9.17, 15) is 4.79 Å². The lowest BCUT2D eigenvalue weighted by Gasteiger charge is -2.32. The maximum absolute atomic E-state index is 11.8. The predicted octanol–water partition coefficient (Wildman–Crippen LogP) is 1.33. The first kappa shape index (κ1) is 14.0. The van der Waals surface area contributed by atoms with Gasteiger partial charge in [0.2, 0.25) is 5.91 Å². The molecule has 0 unspecified atom stereocenters. The fourth-order valence-corrected chi connectivity index (χ4v) is 2.32. The minimum absolute atomic E-state index is 0.0857. The first-order valence-electron chi connectivity index (χ1n) is 6.85. The van der Waals surface area contributed by atoms with Crippen molar-refractivity contribution in [3.8, 4) is 0 Å². The molecule has 0 bridgehead atoms. The molecule has 0 spiro atoms. The third kappa shape index (κ3) is 3.78. The second-order valence-electron chi connectivity index (χ2n) is 5.84. The molecule has 2 rings (SSSR count). The van der Waals surface area contributed by atoms with Crippen molar-refractivity contribution in [2.45, 2.75) is 44.3 Å². The van der Waals surface area contributed by atoms with E-state index in [-0.39, 0.29) is 11.9 Å². The molecule has 1 fully saturated rings. The molecule has 0 radical (unpaired) electrons. The normalized spacial score (nSPS) is 23.9. The highest BCUT2D eigenvalue weighted by Gasteiger charge is 2.27. The third-order valence-corrected chi connectivity index (χ3v) is 3.54. The van der Waals surface area contributed by atoms with Crippen LogP contribution in [0.5, 0.6) is 0 Å². The van der Waals surface area contributed by atoms with Gasteiger partial charge >= 0.3 is 0 Å². The summed E-state index contributed by atoms with van der Waals surface area (Å²) in [4.78, 5) is 11.8. The van der Waals surface area contributed by atoms with Gasteiger partial charge in [-0.25, -0.2) is 0 Å². The van der Waals surface area contributed by atoms with Gasteiger partial charge < -0.3 is 16.4 Å². The van der Waals surface area contributed by atoms with Gasteiger partial charge in [-0.15, -0.1) is 0 Å². The van der Waals surface area contributed by atoms with E-state index >= 15 is 0 Å². The Kier molecular flexibility index (Phi) is 4.22. The molecule has 4 nitrogen and oxygen atoms in total. The summed E-state index contributed by atoms with van der Waals surface area (Å²) in [6.07, 6.45) is 2.01. The predicted molar refractivity (Wildman–Crippen MR) is 76.6 cm³/mol. The molecule has 4 N–H and O–H groups in total. The Morgan fingerprint density at radius 1 is 1.32 bits per heavy atom. The van der Waals surface area contributed by atoms with Crippen molar-refractivity contribution in [1.29, 1.82) is 0 Å². The van der Waals surface area contributed by atoms with Gasteiger partial charge in [0, 0.05) is 18.6 Å². The average molecular weight is 261 g/mol. The number of benzene rings is 1. The second-order valence-corrected chi connectivity index (χ2v) is 5.84.